The number of likely N-dealkylation sites (tertiary alicyclic amines) is 1. The number of aromatic hydroxyl groups is 1. The van der Waals surface area contributed by atoms with Crippen molar-refractivity contribution in [2.24, 2.45) is 0 Å². The van der Waals surface area contributed by atoms with E-state index < -0.39 is 0 Å². The first-order valence-corrected chi connectivity index (χ1v) is 11.5. The van der Waals surface area contributed by atoms with Crippen molar-refractivity contribution in [3.05, 3.63) is 46.8 Å². The summed E-state index contributed by atoms with van der Waals surface area (Å²) in [6, 6.07) is 7.82. The van der Waals surface area contributed by atoms with Crippen molar-refractivity contribution in [3.8, 4) is 5.75 Å². The van der Waals surface area contributed by atoms with Crippen LogP contribution in [0.1, 0.15) is 66.3 Å². The largest absolute Gasteiger partial charge is 0.508 e. The number of phenolic OH excluding ortho intramolecular Hbond substituents is 1. The van der Waals surface area contributed by atoms with Gasteiger partial charge < -0.3 is 15.3 Å². The predicted molar refractivity (Wildman–Crippen MR) is 118 cm³/mol. The van der Waals surface area contributed by atoms with Crippen molar-refractivity contribution in [2.75, 3.05) is 19.6 Å². The van der Waals surface area contributed by atoms with Gasteiger partial charge in [0, 0.05) is 36.9 Å². The first-order valence-electron chi connectivity index (χ1n) is 11.5. The third-order valence-corrected chi connectivity index (χ3v) is 6.39. The first-order chi connectivity index (χ1) is 14.7. The Morgan fingerprint density at radius 1 is 1.27 bits per heavy atom. The van der Waals surface area contributed by atoms with Crippen LogP contribution < -0.4 is 5.32 Å². The molecule has 6 heteroatoms. The maximum atomic E-state index is 13.2. The SMILES string of the molecule is CCCn1nc(C(=O)N2CCCCC2)c2c1CCC(NCCc1cccc(O)c1)C2. The quantitative estimate of drug-likeness (QED) is 0.735. The van der Waals surface area contributed by atoms with Crippen LogP contribution >= 0.6 is 0 Å². The van der Waals surface area contributed by atoms with Crippen molar-refractivity contribution < 1.29 is 9.90 Å². The number of hydrogen-bond donors (Lipinski definition) is 2. The fourth-order valence-corrected chi connectivity index (χ4v) is 4.81. The Kier molecular flexibility index (Phi) is 6.72. The number of benzene rings is 1. The molecule has 1 saturated heterocycles. The van der Waals surface area contributed by atoms with E-state index in [1.165, 1.54) is 17.7 Å². The van der Waals surface area contributed by atoms with Crippen molar-refractivity contribution in [1.29, 1.82) is 0 Å². The number of carbonyl (C=O) groups is 1. The van der Waals surface area contributed by atoms with Crippen LogP contribution in [0.2, 0.25) is 0 Å². The fraction of sp³-hybridized carbons (Fsp3) is 0.583. The second-order valence-corrected chi connectivity index (χ2v) is 8.66. The van der Waals surface area contributed by atoms with Gasteiger partial charge in [0.25, 0.3) is 5.91 Å². The highest BCUT2D eigenvalue weighted by molar-refractivity contribution is 5.94. The van der Waals surface area contributed by atoms with Crippen LogP contribution in [-0.2, 0) is 25.8 Å². The molecule has 2 heterocycles. The summed E-state index contributed by atoms with van der Waals surface area (Å²) in [5.41, 5.74) is 4.26. The number of rotatable bonds is 7. The lowest BCUT2D eigenvalue weighted by atomic mass is 9.90. The summed E-state index contributed by atoms with van der Waals surface area (Å²) in [4.78, 5) is 15.2. The molecule has 6 nitrogen and oxygen atoms in total. The maximum Gasteiger partial charge on any atom is 0.274 e. The number of carbonyl (C=O) groups excluding carboxylic acids is 1. The minimum atomic E-state index is 0.126. The molecule has 4 rings (SSSR count). The zero-order valence-corrected chi connectivity index (χ0v) is 18.1. The van der Waals surface area contributed by atoms with Gasteiger partial charge in [-0.25, -0.2) is 0 Å². The number of amides is 1. The summed E-state index contributed by atoms with van der Waals surface area (Å²) >= 11 is 0. The summed E-state index contributed by atoms with van der Waals surface area (Å²) in [5, 5.41) is 18.1. The predicted octanol–water partition coefficient (Wildman–Crippen LogP) is 3.31. The van der Waals surface area contributed by atoms with Crippen LogP contribution in [-0.4, -0.2) is 51.4 Å². The summed E-state index contributed by atoms with van der Waals surface area (Å²) in [6.07, 6.45) is 8.24. The van der Waals surface area contributed by atoms with E-state index in [1.807, 2.05) is 23.1 Å². The second-order valence-electron chi connectivity index (χ2n) is 8.66. The molecule has 1 aliphatic heterocycles. The zero-order chi connectivity index (χ0) is 20.9. The number of aromatic nitrogens is 2. The summed E-state index contributed by atoms with van der Waals surface area (Å²) in [7, 11) is 0. The van der Waals surface area contributed by atoms with Crippen molar-refractivity contribution in [2.45, 2.75) is 70.9 Å². The van der Waals surface area contributed by atoms with Gasteiger partial charge >= 0.3 is 0 Å². The number of fused-ring (bicyclic) bond motifs is 1. The average molecular weight is 411 g/mol. The molecule has 2 aliphatic rings. The van der Waals surface area contributed by atoms with Crippen molar-refractivity contribution in [1.82, 2.24) is 20.0 Å². The number of hydrogen-bond acceptors (Lipinski definition) is 4. The first kappa shape index (κ1) is 20.9. The highest BCUT2D eigenvalue weighted by Gasteiger charge is 2.31. The molecular weight excluding hydrogens is 376 g/mol. The molecule has 1 aromatic heterocycles. The number of nitrogens with zero attached hydrogens (tertiary/aromatic N) is 3. The number of phenols is 1. The van der Waals surface area contributed by atoms with Gasteiger partial charge in [-0.05, 0) is 75.6 Å². The van der Waals surface area contributed by atoms with Crippen molar-refractivity contribution in [3.63, 3.8) is 0 Å². The normalized spacial score (nSPS) is 19.0. The Labute approximate surface area is 179 Å². The molecule has 1 unspecified atom stereocenters. The van der Waals surface area contributed by atoms with Crippen LogP contribution in [0.25, 0.3) is 0 Å². The minimum absolute atomic E-state index is 0.126. The van der Waals surface area contributed by atoms with E-state index in [9.17, 15) is 9.90 Å². The molecule has 0 saturated carbocycles. The highest BCUT2D eigenvalue weighted by atomic mass is 16.3. The third-order valence-electron chi connectivity index (χ3n) is 6.39. The Morgan fingerprint density at radius 3 is 2.87 bits per heavy atom. The molecule has 30 heavy (non-hydrogen) atoms. The molecule has 1 aliphatic carbocycles. The van der Waals surface area contributed by atoms with Gasteiger partial charge in [0.05, 0.1) is 0 Å². The molecule has 2 aromatic rings. The van der Waals surface area contributed by atoms with Gasteiger partial charge in [-0.3, -0.25) is 9.48 Å². The maximum absolute atomic E-state index is 13.2. The highest BCUT2D eigenvalue weighted by Crippen LogP contribution is 2.27. The number of nitrogens with one attached hydrogen (secondary N) is 1. The number of piperidine rings is 1. The van der Waals surface area contributed by atoms with Gasteiger partial charge in [-0.2, -0.15) is 5.10 Å². The van der Waals surface area contributed by atoms with Crippen LogP contribution in [0.15, 0.2) is 24.3 Å². The standard InChI is InChI=1S/C24H34N4O2/c1-2-13-28-22-10-9-19(25-12-11-18-7-6-8-20(29)16-18)17-21(22)23(26-28)24(30)27-14-4-3-5-15-27/h6-8,16,19,25,29H,2-5,9-15,17H2,1H3. The van der Waals surface area contributed by atoms with E-state index in [2.05, 4.69) is 16.9 Å². The van der Waals surface area contributed by atoms with Crippen molar-refractivity contribution >= 4 is 5.91 Å². The molecule has 1 amide bonds. The van der Waals surface area contributed by atoms with Gasteiger partial charge in [0.1, 0.15) is 5.75 Å². The number of aryl methyl sites for hydroxylation is 1. The Morgan fingerprint density at radius 2 is 2.10 bits per heavy atom. The molecule has 0 radical (unpaired) electrons. The molecule has 162 valence electrons. The van der Waals surface area contributed by atoms with Gasteiger partial charge in [-0.15, -0.1) is 0 Å². The molecule has 0 bridgehead atoms. The van der Waals surface area contributed by atoms with E-state index in [0.29, 0.717) is 17.5 Å². The van der Waals surface area contributed by atoms with Crippen LogP contribution in [0.5, 0.6) is 5.75 Å². The fourth-order valence-electron chi connectivity index (χ4n) is 4.81. The lowest BCUT2D eigenvalue weighted by Gasteiger charge is -2.28. The Hall–Kier alpha value is -2.34. The van der Waals surface area contributed by atoms with Crippen LogP contribution in [0.4, 0.5) is 0 Å². The molecule has 2 N–H and O–H groups in total. The average Bonchev–Trinajstić information content (AvgIpc) is 3.12. The second kappa shape index (κ2) is 9.65. The minimum Gasteiger partial charge on any atom is -0.508 e. The molecule has 1 fully saturated rings. The van der Waals surface area contributed by atoms with Gasteiger partial charge in [-0.1, -0.05) is 19.1 Å². The van der Waals surface area contributed by atoms with Gasteiger partial charge in [0.15, 0.2) is 5.69 Å². The smallest absolute Gasteiger partial charge is 0.274 e. The topological polar surface area (TPSA) is 70.4 Å². The third kappa shape index (κ3) is 4.69. The lowest BCUT2D eigenvalue weighted by molar-refractivity contribution is 0.0716. The Bertz CT molecular complexity index is 870. The summed E-state index contributed by atoms with van der Waals surface area (Å²) in [5.74, 6) is 0.445. The van der Waals surface area contributed by atoms with E-state index in [4.69, 9.17) is 5.10 Å². The van der Waals surface area contributed by atoms with E-state index in [-0.39, 0.29) is 5.91 Å². The lowest BCUT2D eigenvalue weighted by Crippen LogP contribution is -2.38. The summed E-state index contributed by atoms with van der Waals surface area (Å²) in [6.45, 7) is 5.63. The Balaban J connectivity index is 1.44. The van der Waals surface area contributed by atoms with Crippen LogP contribution in [0, 0.1) is 0 Å². The monoisotopic (exact) mass is 410 g/mol. The summed E-state index contributed by atoms with van der Waals surface area (Å²) < 4.78 is 2.09. The zero-order valence-electron chi connectivity index (χ0n) is 18.1. The molecular formula is C24H34N4O2. The van der Waals surface area contributed by atoms with Gasteiger partial charge in [0.2, 0.25) is 0 Å². The van der Waals surface area contributed by atoms with E-state index >= 15 is 0 Å². The van der Waals surface area contributed by atoms with Crippen LogP contribution in [0.3, 0.4) is 0 Å². The van der Waals surface area contributed by atoms with E-state index in [0.717, 1.165) is 76.7 Å². The molecule has 1 atom stereocenters. The molecule has 0 spiro atoms. The van der Waals surface area contributed by atoms with E-state index in [1.54, 1.807) is 6.07 Å². The molecule has 1 aromatic carbocycles.